The van der Waals surface area contributed by atoms with Gasteiger partial charge in [0.25, 0.3) is 5.91 Å². The first-order chi connectivity index (χ1) is 9.24. The molecule has 1 aromatic carbocycles. The molecule has 4 heteroatoms. The third-order valence-corrected chi connectivity index (χ3v) is 3.67. The molecule has 0 unspecified atom stereocenters. The van der Waals surface area contributed by atoms with Gasteiger partial charge in [0.1, 0.15) is 0 Å². The number of aromatic nitrogens is 1. The predicted octanol–water partition coefficient (Wildman–Crippen LogP) is 2.75. The number of hydrogen-bond acceptors (Lipinski definition) is 3. The number of amides is 1. The Morgan fingerprint density at radius 2 is 2.00 bits per heavy atom. The van der Waals surface area contributed by atoms with Gasteiger partial charge in [-0.15, -0.1) is 11.8 Å². The van der Waals surface area contributed by atoms with Gasteiger partial charge in [-0.25, -0.2) is 0 Å². The summed E-state index contributed by atoms with van der Waals surface area (Å²) in [5, 5.41) is 2.66. The molecule has 0 aliphatic carbocycles. The minimum Gasteiger partial charge on any atom is -0.355 e. The largest absolute Gasteiger partial charge is 0.355 e. The number of thioether (sulfide) groups is 1. The summed E-state index contributed by atoms with van der Waals surface area (Å²) in [6.45, 7) is 0. The maximum absolute atomic E-state index is 11.8. The molecule has 0 aliphatic rings. The molecule has 2 rings (SSSR count). The molecule has 1 amide bonds. The summed E-state index contributed by atoms with van der Waals surface area (Å²) in [6, 6.07) is 10.1. The molecule has 1 N–H and O–H groups in total. The van der Waals surface area contributed by atoms with Crippen molar-refractivity contribution in [3.63, 3.8) is 0 Å². The molecule has 0 fully saturated rings. The van der Waals surface area contributed by atoms with Gasteiger partial charge in [-0.05, 0) is 42.0 Å². The van der Waals surface area contributed by atoms with Gasteiger partial charge in [-0.3, -0.25) is 9.78 Å². The lowest BCUT2D eigenvalue weighted by molar-refractivity contribution is 0.0962. The Morgan fingerprint density at radius 1 is 1.26 bits per heavy atom. The molecule has 0 saturated carbocycles. The third-order valence-electron chi connectivity index (χ3n) is 2.93. The SMILES string of the molecule is CNC(=O)c1ccncc1Cc1ccc(SC)cc1. The van der Waals surface area contributed by atoms with Crippen molar-refractivity contribution in [2.45, 2.75) is 11.3 Å². The second-order valence-corrected chi connectivity index (χ2v) is 5.02. The number of nitrogens with one attached hydrogen (secondary N) is 1. The summed E-state index contributed by atoms with van der Waals surface area (Å²) < 4.78 is 0. The smallest absolute Gasteiger partial charge is 0.251 e. The minimum atomic E-state index is -0.0712. The Hall–Kier alpha value is -1.81. The van der Waals surface area contributed by atoms with Crippen LogP contribution in [0.1, 0.15) is 21.5 Å². The van der Waals surface area contributed by atoms with E-state index in [2.05, 4.69) is 40.8 Å². The van der Waals surface area contributed by atoms with Crippen LogP contribution in [0.15, 0.2) is 47.6 Å². The topological polar surface area (TPSA) is 42.0 Å². The van der Waals surface area contributed by atoms with Crippen molar-refractivity contribution in [3.8, 4) is 0 Å². The van der Waals surface area contributed by atoms with Gasteiger partial charge in [-0.1, -0.05) is 12.1 Å². The van der Waals surface area contributed by atoms with E-state index in [1.807, 2.05) is 0 Å². The highest BCUT2D eigenvalue weighted by molar-refractivity contribution is 7.98. The van der Waals surface area contributed by atoms with Crippen LogP contribution in [0.25, 0.3) is 0 Å². The second-order valence-electron chi connectivity index (χ2n) is 4.14. The lowest BCUT2D eigenvalue weighted by Gasteiger charge is -2.08. The first kappa shape index (κ1) is 13.6. The van der Waals surface area contributed by atoms with Crippen molar-refractivity contribution in [2.24, 2.45) is 0 Å². The van der Waals surface area contributed by atoms with Crippen molar-refractivity contribution in [3.05, 3.63) is 59.4 Å². The fourth-order valence-corrected chi connectivity index (χ4v) is 2.30. The van der Waals surface area contributed by atoms with Crippen molar-refractivity contribution in [1.29, 1.82) is 0 Å². The van der Waals surface area contributed by atoms with E-state index in [1.54, 1.807) is 37.3 Å². The van der Waals surface area contributed by atoms with Crippen molar-refractivity contribution in [1.82, 2.24) is 10.3 Å². The van der Waals surface area contributed by atoms with E-state index in [-0.39, 0.29) is 5.91 Å². The van der Waals surface area contributed by atoms with Crippen molar-refractivity contribution in [2.75, 3.05) is 13.3 Å². The number of carbonyl (C=O) groups is 1. The standard InChI is InChI=1S/C15H16N2OS/c1-16-15(18)14-7-8-17-10-12(14)9-11-3-5-13(19-2)6-4-11/h3-8,10H,9H2,1-2H3,(H,16,18). The maximum atomic E-state index is 11.8. The van der Waals surface area contributed by atoms with E-state index in [9.17, 15) is 4.79 Å². The van der Waals surface area contributed by atoms with Gasteiger partial charge in [0, 0.05) is 29.9 Å². The average Bonchev–Trinajstić information content (AvgIpc) is 2.48. The molecule has 1 heterocycles. The molecular formula is C15H16N2OS. The van der Waals surface area contributed by atoms with E-state index in [0.29, 0.717) is 12.0 Å². The van der Waals surface area contributed by atoms with Crippen LogP contribution >= 0.6 is 11.8 Å². The highest BCUT2D eigenvalue weighted by atomic mass is 32.2. The molecular weight excluding hydrogens is 256 g/mol. The summed E-state index contributed by atoms with van der Waals surface area (Å²) >= 11 is 1.72. The zero-order valence-corrected chi connectivity index (χ0v) is 11.8. The van der Waals surface area contributed by atoms with Crippen molar-refractivity contribution >= 4 is 17.7 Å². The normalized spacial score (nSPS) is 10.2. The Morgan fingerprint density at radius 3 is 2.63 bits per heavy atom. The summed E-state index contributed by atoms with van der Waals surface area (Å²) in [4.78, 5) is 17.1. The number of rotatable bonds is 4. The number of benzene rings is 1. The summed E-state index contributed by atoms with van der Waals surface area (Å²) in [6.07, 6.45) is 6.17. The zero-order valence-electron chi connectivity index (χ0n) is 11.0. The molecule has 0 radical (unpaired) electrons. The van der Waals surface area contributed by atoms with E-state index in [1.165, 1.54) is 10.5 Å². The highest BCUT2D eigenvalue weighted by Gasteiger charge is 2.09. The minimum absolute atomic E-state index is 0.0712. The molecule has 0 atom stereocenters. The zero-order chi connectivity index (χ0) is 13.7. The predicted molar refractivity (Wildman–Crippen MR) is 78.7 cm³/mol. The van der Waals surface area contributed by atoms with Crippen LogP contribution < -0.4 is 5.32 Å². The summed E-state index contributed by atoms with van der Waals surface area (Å²) in [7, 11) is 1.64. The van der Waals surface area contributed by atoms with Gasteiger partial charge < -0.3 is 5.32 Å². The molecule has 19 heavy (non-hydrogen) atoms. The average molecular weight is 272 g/mol. The lowest BCUT2D eigenvalue weighted by Crippen LogP contribution is -2.19. The van der Waals surface area contributed by atoms with E-state index in [0.717, 1.165) is 5.56 Å². The van der Waals surface area contributed by atoms with Gasteiger partial charge in [0.05, 0.1) is 0 Å². The number of hydrogen-bond donors (Lipinski definition) is 1. The van der Waals surface area contributed by atoms with Crippen LogP contribution in [0.4, 0.5) is 0 Å². The quantitative estimate of drug-likeness (QED) is 0.870. The molecule has 3 nitrogen and oxygen atoms in total. The molecule has 0 aliphatic heterocycles. The molecule has 0 spiro atoms. The fraction of sp³-hybridized carbons (Fsp3) is 0.200. The van der Waals surface area contributed by atoms with Gasteiger partial charge in [0.15, 0.2) is 0 Å². The van der Waals surface area contributed by atoms with Gasteiger partial charge in [0.2, 0.25) is 0 Å². The van der Waals surface area contributed by atoms with E-state index < -0.39 is 0 Å². The summed E-state index contributed by atoms with van der Waals surface area (Å²) in [5.41, 5.74) is 2.81. The number of carbonyl (C=O) groups excluding carboxylic acids is 1. The molecule has 98 valence electrons. The molecule has 0 bridgehead atoms. The van der Waals surface area contributed by atoms with Crippen LogP contribution in [0, 0.1) is 0 Å². The fourth-order valence-electron chi connectivity index (χ4n) is 1.89. The van der Waals surface area contributed by atoms with Crippen LogP contribution in [-0.2, 0) is 6.42 Å². The van der Waals surface area contributed by atoms with Gasteiger partial charge >= 0.3 is 0 Å². The highest BCUT2D eigenvalue weighted by Crippen LogP contribution is 2.18. The first-order valence-corrected chi connectivity index (χ1v) is 7.25. The monoisotopic (exact) mass is 272 g/mol. The van der Waals surface area contributed by atoms with E-state index >= 15 is 0 Å². The third kappa shape index (κ3) is 3.35. The Labute approximate surface area is 117 Å². The molecule has 0 saturated heterocycles. The number of nitrogens with zero attached hydrogens (tertiary/aromatic N) is 1. The Bertz CT molecular complexity index is 567. The first-order valence-electron chi connectivity index (χ1n) is 6.02. The maximum Gasteiger partial charge on any atom is 0.251 e. The lowest BCUT2D eigenvalue weighted by atomic mass is 10.0. The van der Waals surface area contributed by atoms with Gasteiger partial charge in [-0.2, -0.15) is 0 Å². The number of pyridine rings is 1. The molecule has 2 aromatic rings. The molecule has 1 aromatic heterocycles. The van der Waals surface area contributed by atoms with Crippen LogP contribution in [0.5, 0.6) is 0 Å². The second kappa shape index (κ2) is 6.38. The van der Waals surface area contributed by atoms with Crippen LogP contribution in [0.2, 0.25) is 0 Å². The van der Waals surface area contributed by atoms with E-state index in [4.69, 9.17) is 0 Å². The van der Waals surface area contributed by atoms with Crippen molar-refractivity contribution < 1.29 is 4.79 Å². The summed E-state index contributed by atoms with van der Waals surface area (Å²) in [5.74, 6) is -0.0712. The van der Waals surface area contributed by atoms with Crippen LogP contribution in [-0.4, -0.2) is 24.2 Å². The van der Waals surface area contributed by atoms with Crippen LogP contribution in [0.3, 0.4) is 0 Å². The Balaban J connectivity index is 2.25. The Kier molecular flexibility index (Phi) is 4.58.